The van der Waals surface area contributed by atoms with Crippen molar-refractivity contribution in [3.8, 4) is 0 Å². The van der Waals surface area contributed by atoms with Crippen molar-refractivity contribution in [3.05, 3.63) is 85.8 Å². The van der Waals surface area contributed by atoms with Gasteiger partial charge in [0.05, 0.1) is 32.2 Å². The van der Waals surface area contributed by atoms with E-state index in [2.05, 4.69) is 20.9 Å². The van der Waals surface area contributed by atoms with Crippen LogP contribution < -0.4 is 0 Å². The zero-order valence-corrected chi connectivity index (χ0v) is 21.7. The highest BCUT2D eigenvalue weighted by Crippen LogP contribution is 2.33. The average Bonchev–Trinajstić information content (AvgIpc) is 3.29. The zero-order chi connectivity index (χ0) is 23.2. The molecule has 4 rings (SSSR count). The van der Waals surface area contributed by atoms with Crippen molar-refractivity contribution in [3.63, 3.8) is 0 Å². The van der Waals surface area contributed by atoms with Gasteiger partial charge in [-0.3, -0.25) is 0 Å². The highest BCUT2D eigenvalue weighted by Gasteiger charge is 2.27. The molecule has 176 valence electrons. The third kappa shape index (κ3) is 7.18. The third-order valence-corrected chi connectivity index (χ3v) is 6.86. The molecule has 3 atom stereocenters. The fourth-order valence-corrected chi connectivity index (χ4v) is 4.90. The molecular formula is C24H24BrCl3N2O3. The van der Waals surface area contributed by atoms with Crippen LogP contribution in [0.3, 0.4) is 0 Å². The molecule has 0 spiro atoms. The summed E-state index contributed by atoms with van der Waals surface area (Å²) in [4.78, 5) is 4.13. The number of halogens is 4. The van der Waals surface area contributed by atoms with Gasteiger partial charge < -0.3 is 18.8 Å². The van der Waals surface area contributed by atoms with E-state index in [1.165, 1.54) is 0 Å². The number of aromatic nitrogens is 2. The van der Waals surface area contributed by atoms with Crippen LogP contribution in [0, 0.1) is 0 Å². The van der Waals surface area contributed by atoms with Crippen molar-refractivity contribution >= 4 is 50.7 Å². The molecule has 3 aromatic rings. The van der Waals surface area contributed by atoms with Crippen LogP contribution in [0.1, 0.15) is 36.5 Å². The number of rotatable bonds is 9. The molecule has 0 radical (unpaired) electrons. The summed E-state index contributed by atoms with van der Waals surface area (Å²) in [5.41, 5.74) is 1.80. The Bertz CT molecular complexity index is 1050. The van der Waals surface area contributed by atoms with Crippen molar-refractivity contribution in [2.45, 2.75) is 50.9 Å². The first-order valence-corrected chi connectivity index (χ1v) is 12.6. The maximum atomic E-state index is 6.50. The van der Waals surface area contributed by atoms with Crippen molar-refractivity contribution in [2.24, 2.45) is 0 Å². The maximum Gasteiger partial charge on any atom is 0.158 e. The van der Waals surface area contributed by atoms with Gasteiger partial charge in [-0.2, -0.15) is 0 Å². The number of nitrogens with zero attached hydrogens (tertiary/aromatic N) is 2. The van der Waals surface area contributed by atoms with E-state index in [-0.39, 0.29) is 18.5 Å². The Morgan fingerprint density at radius 2 is 2.00 bits per heavy atom. The van der Waals surface area contributed by atoms with Crippen LogP contribution in [0.15, 0.2) is 59.6 Å². The van der Waals surface area contributed by atoms with Crippen LogP contribution in [0.5, 0.6) is 0 Å². The molecule has 3 unspecified atom stereocenters. The first-order chi connectivity index (χ1) is 16.0. The largest absolute Gasteiger partial charge is 0.374 e. The van der Waals surface area contributed by atoms with Gasteiger partial charge in [0.25, 0.3) is 0 Å². The van der Waals surface area contributed by atoms with Crippen LogP contribution in [0.2, 0.25) is 15.1 Å². The van der Waals surface area contributed by atoms with E-state index in [0.717, 1.165) is 34.9 Å². The first-order valence-electron chi connectivity index (χ1n) is 10.7. The molecule has 5 nitrogen and oxygen atoms in total. The van der Waals surface area contributed by atoms with E-state index in [9.17, 15) is 0 Å². The highest BCUT2D eigenvalue weighted by atomic mass is 79.9. The second-order valence-electron chi connectivity index (χ2n) is 7.92. The van der Waals surface area contributed by atoms with E-state index in [1.807, 2.05) is 41.1 Å². The van der Waals surface area contributed by atoms with Crippen LogP contribution in [0.25, 0.3) is 0 Å². The van der Waals surface area contributed by atoms with Crippen molar-refractivity contribution in [1.29, 1.82) is 0 Å². The molecule has 1 aromatic heterocycles. The quantitative estimate of drug-likeness (QED) is 0.266. The van der Waals surface area contributed by atoms with E-state index < -0.39 is 0 Å². The lowest BCUT2D eigenvalue weighted by Crippen LogP contribution is -2.34. The summed E-state index contributed by atoms with van der Waals surface area (Å²) in [7, 11) is 0. The molecule has 0 saturated carbocycles. The van der Waals surface area contributed by atoms with Crippen LogP contribution in [-0.4, -0.2) is 28.6 Å². The molecule has 1 aliphatic heterocycles. The topological polar surface area (TPSA) is 45.5 Å². The second-order valence-corrected chi connectivity index (χ2v) is 10.1. The Morgan fingerprint density at radius 1 is 1.12 bits per heavy atom. The maximum absolute atomic E-state index is 6.50. The normalized spacial score (nSPS) is 19.5. The van der Waals surface area contributed by atoms with Gasteiger partial charge in [-0.25, -0.2) is 4.98 Å². The summed E-state index contributed by atoms with van der Waals surface area (Å²) in [5.74, 6) is 0. The molecule has 2 aromatic carbocycles. The standard InChI is InChI=1S/C24H24BrCl3N2O3/c25-17-4-7-21(27)16(10-17)13-31-14-19-2-1-3-24(32-19)33-23(12-30-9-8-29-15-30)20-6-5-18(26)11-22(20)28/h4-11,15,19,23-24H,1-3,12-14H2. The summed E-state index contributed by atoms with van der Waals surface area (Å²) in [5, 5.41) is 1.84. The number of imidazole rings is 1. The average molecular weight is 575 g/mol. The monoisotopic (exact) mass is 572 g/mol. The van der Waals surface area contributed by atoms with Gasteiger partial charge in [0, 0.05) is 37.5 Å². The van der Waals surface area contributed by atoms with Crippen LogP contribution in [0.4, 0.5) is 0 Å². The van der Waals surface area contributed by atoms with Gasteiger partial charge in [0.1, 0.15) is 6.10 Å². The molecule has 1 fully saturated rings. The fraction of sp³-hybridized carbons (Fsp3) is 0.375. The van der Waals surface area contributed by atoms with Gasteiger partial charge in [0.15, 0.2) is 6.29 Å². The van der Waals surface area contributed by atoms with Gasteiger partial charge in [-0.05, 0) is 55.2 Å². The predicted octanol–water partition coefficient (Wildman–Crippen LogP) is 7.48. The Kier molecular flexibility index (Phi) is 9.11. The number of hydrogen-bond donors (Lipinski definition) is 0. The lowest BCUT2D eigenvalue weighted by Gasteiger charge is -2.33. The Labute approximate surface area is 217 Å². The lowest BCUT2D eigenvalue weighted by molar-refractivity contribution is -0.227. The van der Waals surface area contributed by atoms with Gasteiger partial charge in [-0.1, -0.05) is 56.8 Å². The molecule has 0 N–H and O–H groups in total. The molecule has 2 heterocycles. The molecule has 1 saturated heterocycles. The smallest absolute Gasteiger partial charge is 0.158 e. The van der Waals surface area contributed by atoms with Crippen molar-refractivity contribution < 1.29 is 14.2 Å². The predicted molar refractivity (Wildman–Crippen MR) is 134 cm³/mol. The molecule has 0 amide bonds. The lowest BCUT2D eigenvalue weighted by atomic mass is 10.1. The van der Waals surface area contributed by atoms with E-state index in [0.29, 0.717) is 34.8 Å². The van der Waals surface area contributed by atoms with E-state index in [1.54, 1.807) is 18.6 Å². The number of hydrogen-bond acceptors (Lipinski definition) is 4. The van der Waals surface area contributed by atoms with Gasteiger partial charge in [-0.15, -0.1) is 0 Å². The molecule has 1 aliphatic rings. The third-order valence-electron chi connectivity index (χ3n) is 5.44. The summed E-state index contributed by atoms with van der Waals surface area (Å²) in [6.45, 7) is 1.45. The summed E-state index contributed by atoms with van der Waals surface area (Å²) in [6.07, 6.45) is 7.38. The first kappa shape index (κ1) is 25.0. The minimum atomic E-state index is -0.359. The fourth-order valence-electron chi connectivity index (χ4n) is 3.79. The molecule has 33 heavy (non-hydrogen) atoms. The Morgan fingerprint density at radius 3 is 2.79 bits per heavy atom. The van der Waals surface area contributed by atoms with Crippen molar-refractivity contribution in [1.82, 2.24) is 9.55 Å². The minimum absolute atomic E-state index is 0.0516. The number of ether oxygens (including phenoxy) is 3. The highest BCUT2D eigenvalue weighted by molar-refractivity contribution is 9.10. The SMILES string of the molecule is Clc1ccc(C(Cn2ccnc2)OC2CCCC(COCc3cc(Br)ccc3Cl)O2)c(Cl)c1. The summed E-state index contributed by atoms with van der Waals surface area (Å²) in [6, 6.07) is 11.2. The molecule has 0 aliphatic carbocycles. The summed E-state index contributed by atoms with van der Waals surface area (Å²) < 4.78 is 21.5. The zero-order valence-electron chi connectivity index (χ0n) is 17.8. The second kappa shape index (κ2) is 12.0. The molecular weight excluding hydrogens is 551 g/mol. The minimum Gasteiger partial charge on any atom is -0.374 e. The van der Waals surface area contributed by atoms with Crippen LogP contribution in [-0.2, 0) is 27.4 Å². The molecule has 9 heteroatoms. The van der Waals surface area contributed by atoms with E-state index in [4.69, 9.17) is 49.0 Å². The Balaban J connectivity index is 1.37. The van der Waals surface area contributed by atoms with E-state index >= 15 is 0 Å². The summed E-state index contributed by atoms with van der Waals surface area (Å²) >= 11 is 22.3. The Hall–Kier alpha value is -1.12. The number of benzene rings is 2. The van der Waals surface area contributed by atoms with Crippen LogP contribution >= 0.6 is 50.7 Å². The van der Waals surface area contributed by atoms with Crippen molar-refractivity contribution in [2.75, 3.05) is 6.61 Å². The molecule has 0 bridgehead atoms. The van der Waals surface area contributed by atoms with Gasteiger partial charge >= 0.3 is 0 Å². The van der Waals surface area contributed by atoms with Gasteiger partial charge in [0.2, 0.25) is 0 Å².